The minimum absolute atomic E-state index is 0.0135. The van der Waals surface area contributed by atoms with Gasteiger partial charge in [0, 0.05) is 17.1 Å². The van der Waals surface area contributed by atoms with Crippen molar-refractivity contribution >= 4 is 17.6 Å². The van der Waals surface area contributed by atoms with E-state index >= 15 is 0 Å². The lowest BCUT2D eigenvalue weighted by Gasteiger charge is -2.18. The largest absolute Gasteiger partial charge is 0.407 e. The zero-order valence-electron chi connectivity index (χ0n) is 11.9. The standard InChI is InChI=1S/C14H19ClN4O/c1-14(2,3)17-9-12-18-19-13(20-12)16-8-10-6-4-5-7-11(10)15/h4-7,17H,8-9H2,1-3H3,(H,16,19). The van der Waals surface area contributed by atoms with Crippen LogP contribution in [-0.4, -0.2) is 15.7 Å². The Kier molecular flexibility index (Phi) is 4.62. The van der Waals surface area contributed by atoms with E-state index in [-0.39, 0.29) is 5.54 Å². The van der Waals surface area contributed by atoms with Crippen molar-refractivity contribution in [3.63, 3.8) is 0 Å². The van der Waals surface area contributed by atoms with Crippen molar-refractivity contribution < 1.29 is 4.42 Å². The lowest BCUT2D eigenvalue weighted by atomic mass is 10.1. The number of hydrogen-bond acceptors (Lipinski definition) is 5. The van der Waals surface area contributed by atoms with Crippen LogP contribution in [0.5, 0.6) is 0 Å². The van der Waals surface area contributed by atoms with Crippen LogP contribution in [0.15, 0.2) is 28.7 Å². The SMILES string of the molecule is CC(C)(C)NCc1nnc(NCc2ccccc2Cl)o1. The molecule has 0 aliphatic heterocycles. The van der Waals surface area contributed by atoms with Gasteiger partial charge in [0.25, 0.3) is 0 Å². The summed E-state index contributed by atoms with van der Waals surface area (Å²) in [5, 5.41) is 15.0. The van der Waals surface area contributed by atoms with Crippen LogP contribution in [0.25, 0.3) is 0 Å². The number of rotatable bonds is 5. The third kappa shape index (κ3) is 4.51. The van der Waals surface area contributed by atoms with Crippen LogP contribution < -0.4 is 10.6 Å². The molecular formula is C14H19ClN4O. The molecule has 0 bridgehead atoms. The van der Waals surface area contributed by atoms with Gasteiger partial charge in [-0.3, -0.25) is 0 Å². The zero-order chi connectivity index (χ0) is 14.6. The van der Waals surface area contributed by atoms with E-state index in [4.69, 9.17) is 16.0 Å². The lowest BCUT2D eigenvalue weighted by molar-refractivity contribution is 0.383. The second-order valence-electron chi connectivity index (χ2n) is 5.55. The number of halogens is 1. The minimum atomic E-state index is 0.0135. The van der Waals surface area contributed by atoms with Gasteiger partial charge in [0.05, 0.1) is 6.54 Å². The summed E-state index contributed by atoms with van der Waals surface area (Å²) in [5.41, 5.74) is 1.00. The monoisotopic (exact) mass is 294 g/mol. The van der Waals surface area contributed by atoms with Gasteiger partial charge in [0.1, 0.15) is 0 Å². The molecule has 0 aliphatic carbocycles. The van der Waals surface area contributed by atoms with Crippen LogP contribution in [0, 0.1) is 0 Å². The van der Waals surface area contributed by atoms with Crippen molar-refractivity contribution in [1.29, 1.82) is 0 Å². The fraction of sp³-hybridized carbons (Fsp3) is 0.429. The molecule has 20 heavy (non-hydrogen) atoms. The van der Waals surface area contributed by atoms with Gasteiger partial charge in [0.2, 0.25) is 5.89 Å². The van der Waals surface area contributed by atoms with Crippen LogP contribution in [0.1, 0.15) is 32.2 Å². The molecule has 0 radical (unpaired) electrons. The molecule has 0 fully saturated rings. The van der Waals surface area contributed by atoms with E-state index in [1.54, 1.807) is 0 Å². The molecule has 6 heteroatoms. The van der Waals surface area contributed by atoms with Gasteiger partial charge in [-0.05, 0) is 32.4 Å². The Hall–Kier alpha value is -1.59. The van der Waals surface area contributed by atoms with Gasteiger partial charge in [-0.1, -0.05) is 34.9 Å². The maximum atomic E-state index is 6.08. The summed E-state index contributed by atoms with van der Waals surface area (Å²) in [6.07, 6.45) is 0. The Morgan fingerprint density at radius 3 is 2.60 bits per heavy atom. The quantitative estimate of drug-likeness (QED) is 0.886. The van der Waals surface area contributed by atoms with Crippen LogP contribution in [-0.2, 0) is 13.1 Å². The molecule has 0 amide bonds. The molecule has 1 aromatic heterocycles. The van der Waals surface area contributed by atoms with Crippen molar-refractivity contribution in [2.75, 3.05) is 5.32 Å². The van der Waals surface area contributed by atoms with Gasteiger partial charge in [0.15, 0.2) is 0 Å². The number of benzene rings is 1. The van der Waals surface area contributed by atoms with E-state index in [9.17, 15) is 0 Å². The van der Waals surface area contributed by atoms with E-state index in [0.29, 0.717) is 30.0 Å². The van der Waals surface area contributed by atoms with Gasteiger partial charge in [-0.25, -0.2) is 0 Å². The number of aromatic nitrogens is 2. The zero-order valence-corrected chi connectivity index (χ0v) is 12.7. The topological polar surface area (TPSA) is 63.0 Å². The lowest BCUT2D eigenvalue weighted by Crippen LogP contribution is -2.35. The van der Waals surface area contributed by atoms with Gasteiger partial charge >= 0.3 is 6.01 Å². The van der Waals surface area contributed by atoms with E-state index in [1.807, 2.05) is 24.3 Å². The predicted molar refractivity (Wildman–Crippen MR) is 79.7 cm³/mol. The van der Waals surface area contributed by atoms with E-state index in [1.165, 1.54) is 0 Å². The van der Waals surface area contributed by atoms with Crippen molar-refractivity contribution in [1.82, 2.24) is 15.5 Å². The Balaban J connectivity index is 1.89. The fourth-order valence-corrected chi connectivity index (χ4v) is 1.75. The first kappa shape index (κ1) is 14.8. The molecular weight excluding hydrogens is 276 g/mol. The summed E-state index contributed by atoms with van der Waals surface area (Å²) in [4.78, 5) is 0. The van der Waals surface area contributed by atoms with E-state index < -0.39 is 0 Å². The summed E-state index contributed by atoms with van der Waals surface area (Å²) in [6.45, 7) is 7.35. The highest BCUT2D eigenvalue weighted by molar-refractivity contribution is 6.31. The highest BCUT2D eigenvalue weighted by Crippen LogP contribution is 2.16. The van der Waals surface area contributed by atoms with E-state index in [0.717, 1.165) is 5.56 Å². The number of nitrogens with zero attached hydrogens (tertiary/aromatic N) is 2. The average Bonchev–Trinajstić information content (AvgIpc) is 2.83. The van der Waals surface area contributed by atoms with Gasteiger partial charge < -0.3 is 15.1 Å². The normalized spacial score (nSPS) is 11.6. The highest BCUT2D eigenvalue weighted by Gasteiger charge is 2.12. The summed E-state index contributed by atoms with van der Waals surface area (Å²) in [7, 11) is 0. The summed E-state index contributed by atoms with van der Waals surface area (Å²) in [6, 6.07) is 8.04. The van der Waals surface area contributed by atoms with Crippen molar-refractivity contribution in [3.05, 3.63) is 40.7 Å². The van der Waals surface area contributed by atoms with Gasteiger partial charge in [-0.2, -0.15) is 0 Å². The van der Waals surface area contributed by atoms with Crippen molar-refractivity contribution in [2.24, 2.45) is 0 Å². The van der Waals surface area contributed by atoms with Crippen LogP contribution in [0.4, 0.5) is 6.01 Å². The Labute approximate surface area is 123 Å². The van der Waals surface area contributed by atoms with Crippen molar-refractivity contribution in [2.45, 2.75) is 39.4 Å². The maximum Gasteiger partial charge on any atom is 0.315 e. The van der Waals surface area contributed by atoms with Crippen LogP contribution in [0.2, 0.25) is 5.02 Å². The predicted octanol–water partition coefficient (Wildman–Crippen LogP) is 3.22. The smallest absolute Gasteiger partial charge is 0.315 e. The van der Waals surface area contributed by atoms with Crippen LogP contribution >= 0.6 is 11.6 Å². The number of nitrogens with one attached hydrogen (secondary N) is 2. The molecule has 108 valence electrons. The Bertz CT molecular complexity index is 562. The molecule has 2 rings (SSSR count). The molecule has 0 spiro atoms. The average molecular weight is 295 g/mol. The molecule has 0 saturated carbocycles. The summed E-state index contributed by atoms with van der Waals surface area (Å²) >= 11 is 6.08. The molecule has 0 unspecified atom stereocenters. The molecule has 0 atom stereocenters. The first-order valence-corrected chi connectivity index (χ1v) is 6.86. The first-order chi connectivity index (χ1) is 9.44. The molecule has 0 saturated heterocycles. The summed E-state index contributed by atoms with van der Waals surface area (Å²) < 4.78 is 5.50. The Morgan fingerprint density at radius 2 is 1.90 bits per heavy atom. The van der Waals surface area contributed by atoms with Gasteiger partial charge in [-0.15, -0.1) is 5.10 Å². The van der Waals surface area contributed by atoms with Crippen LogP contribution in [0.3, 0.4) is 0 Å². The molecule has 0 aliphatic rings. The van der Waals surface area contributed by atoms with Crippen molar-refractivity contribution in [3.8, 4) is 0 Å². The summed E-state index contributed by atoms with van der Waals surface area (Å²) in [5.74, 6) is 0.557. The third-order valence-corrected chi connectivity index (χ3v) is 2.99. The molecule has 1 aromatic carbocycles. The highest BCUT2D eigenvalue weighted by atomic mass is 35.5. The number of hydrogen-bond donors (Lipinski definition) is 2. The maximum absolute atomic E-state index is 6.08. The second-order valence-corrected chi connectivity index (χ2v) is 5.96. The molecule has 2 aromatic rings. The fourth-order valence-electron chi connectivity index (χ4n) is 1.55. The van der Waals surface area contributed by atoms with E-state index in [2.05, 4.69) is 41.6 Å². The Morgan fingerprint density at radius 1 is 1.15 bits per heavy atom. The second kappa shape index (κ2) is 6.24. The number of anilines is 1. The third-order valence-electron chi connectivity index (χ3n) is 2.62. The molecule has 5 nitrogen and oxygen atoms in total. The minimum Gasteiger partial charge on any atom is -0.407 e. The molecule has 1 heterocycles. The molecule has 2 N–H and O–H groups in total. The first-order valence-electron chi connectivity index (χ1n) is 6.49.